The number of hydrogen-bond donors (Lipinski definition) is 1. The average molecular weight is 267 g/mol. The van der Waals surface area contributed by atoms with E-state index in [1.807, 2.05) is 4.90 Å². The van der Waals surface area contributed by atoms with E-state index in [1.54, 1.807) is 0 Å². The van der Waals surface area contributed by atoms with Crippen molar-refractivity contribution in [1.82, 2.24) is 9.80 Å². The van der Waals surface area contributed by atoms with E-state index in [0.717, 1.165) is 39.0 Å². The Morgan fingerprint density at radius 1 is 1.11 bits per heavy atom. The Labute approximate surface area is 117 Å². The lowest BCUT2D eigenvalue weighted by Crippen LogP contribution is -2.55. The number of rotatable bonds is 2. The zero-order valence-corrected chi connectivity index (χ0v) is 12.7. The Balaban J connectivity index is 1.82. The van der Waals surface area contributed by atoms with Gasteiger partial charge < -0.3 is 10.6 Å². The fourth-order valence-corrected chi connectivity index (χ4v) is 3.30. The van der Waals surface area contributed by atoms with Crippen molar-refractivity contribution < 1.29 is 4.79 Å². The molecule has 1 heterocycles. The van der Waals surface area contributed by atoms with E-state index in [9.17, 15) is 4.79 Å². The standard InChI is InChI=1S/C15H29N3O/c1-14(2,3)18-10-8-17(9-11-18)13(19)12-15(16)6-4-5-7-15/h4-12,16H2,1-3H3. The van der Waals surface area contributed by atoms with Crippen LogP contribution >= 0.6 is 0 Å². The molecule has 0 atom stereocenters. The van der Waals surface area contributed by atoms with Crippen LogP contribution in [0.1, 0.15) is 52.9 Å². The van der Waals surface area contributed by atoms with Crippen LogP contribution in [0.2, 0.25) is 0 Å². The molecule has 4 heteroatoms. The molecule has 2 aliphatic rings. The van der Waals surface area contributed by atoms with Gasteiger partial charge in [0.2, 0.25) is 5.91 Å². The first-order valence-corrected chi connectivity index (χ1v) is 7.62. The molecular formula is C15H29N3O. The van der Waals surface area contributed by atoms with E-state index >= 15 is 0 Å². The molecule has 0 aromatic heterocycles. The first-order chi connectivity index (χ1) is 8.80. The number of piperazine rings is 1. The summed E-state index contributed by atoms with van der Waals surface area (Å²) in [5, 5.41) is 0. The van der Waals surface area contributed by atoms with E-state index < -0.39 is 0 Å². The summed E-state index contributed by atoms with van der Waals surface area (Å²) < 4.78 is 0. The minimum atomic E-state index is -0.210. The van der Waals surface area contributed by atoms with Gasteiger partial charge in [0, 0.05) is 43.7 Å². The maximum absolute atomic E-state index is 12.3. The van der Waals surface area contributed by atoms with Crippen molar-refractivity contribution in [2.75, 3.05) is 26.2 Å². The maximum Gasteiger partial charge on any atom is 0.224 e. The Kier molecular flexibility index (Phi) is 4.21. The number of carbonyl (C=O) groups excluding carboxylic acids is 1. The number of nitrogens with two attached hydrogens (primary N) is 1. The van der Waals surface area contributed by atoms with Gasteiger partial charge in [0.05, 0.1) is 0 Å². The summed E-state index contributed by atoms with van der Waals surface area (Å²) in [6.45, 7) is 10.4. The predicted octanol–water partition coefficient (Wildman–Crippen LogP) is 1.59. The summed E-state index contributed by atoms with van der Waals surface area (Å²) >= 11 is 0. The van der Waals surface area contributed by atoms with E-state index in [0.29, 0.717) is 6.42 Å². The highest BCUT2D eigenvalue weighted by molar-refractivity contribution is 5.77. The fraction of sp³-hybridized carbons (Fsp3) is 0.933. The van der Waals surface area contributed by atoms with Gasteiger partial charge in [-0.2, -0.15) is 0 Å². The second-order valence-corrected chi connectivity index (χ2v) is 7.28. The van der Waals surface area contributed by atoms with Gasteiger partial charge in [0.15, 0.2) is 0 Å². The first kappa shape index (κ1) is 14.8. The third kappa shape index (κ3) is 3.69. The highest BCUT2D eigenvalue weighted by Gasteiger charge is 2.34. The zero-order valence-electron chi connectivity index (χ0n) is 12.7. The fourth-order valence-electron chi connectivity index (χ4n) is 3.30. The molecule has 110 valence electrons. The molecule has 1 amide bonds. The third-order valence-electron chi connectivity index (χ3n) is 4.68. The number of nitrogens with zero attached hydrogens (tertiary/aromatic N) is 2. The quantitative estimate of drug-likeness (QED) is 0.826. The molecule has 4 nitrogen and oxygen atoms in total. The first-order valence-electron chi connectivity index (χ1n) is 7.62. The van der Waals surface area contributed by atoms with E-state index in [4.69, 9.17) is 5.73 Å². The highest BCUT2D eigenvalue weighted by atomic mass is 16.2. The second kappa shape index (κ2) is 5.41. The van der Waals surface area contributed by atoms with Gasteiger partial charge in [-0.25, -0.2) is 0 Å². The van der Waals surface area contributed by atoms with Gasteiger partial charge in [-0.3, -0.25) is 9.69 Å². The monoisotopic (exact) mass is 267 g/mol. The maximum atomic E-state index is 12.3. The summed E-state index contributed by atoms with van der Waals surface area (Å²) in [7, 11) is 0. The van der Waals surface area contributed by atoms with Crippen molar-refractivity contribution in [3.05, 3.63) is 0 Å². The van der Waals surface area contributed by atoms with Gasteiger partial charge in [0.25, 0.3) is 0 Å². The number of carbonyl (C=O) groups is 1. The lowest BCUT2D eigenvalue weighted by Gasteiger charge is -2.42. The molecule has 1 aliphatic carbocycles. The zero-order chi connectivity index (χ0) is 14.1. The van der Waals surface area contributed by atoms with Gasteiger partial charge in [-0.15, -0.1) is 0 Å². The topological polar surface area (TPSA) is 49.6 Å². The van der Waals surface area contributed by atoms with Crippen LogP contribution in [0.4, 0.5) is 0 Å². The molecule has 0 aromatic rings. The highest BCUT2D eigenvalue weighted by Crippen LogP contribution is 2.30. The second-order valence-electron chi connectivity index (χ2n) is 7.28. The molecule has 1 saturated heterocycles. The van der Waals surface area contributed by atoms with Crippen molar-refractivity contribution in [3.8, 4) is 0 Å². The van der Waals surface area contributed by atoms with Gasteiger partial charge in [0.1, 0.15) is 0 Å². The van der Waals surface area contributed by atoms with E-state index in [1.165, 1.54) is 12.8 Å². The lowest BCUT2D eigenvalue weighted by molar-refractivity contribution is -0.135. The number of hydrogen-bond acceptors (Lipinski definition) is 3. The van der Waals surface area contributed by atoms with Crippen molar-refractivity contribution in [2.24, 2.45) is 5.73 Å². The van der Waals surface area contributed by atoms with Crippen molar-refractivity contribution in [3.63, 3.8) is 0 Å². The third-order valence-corrected chi connectivity index (χ3v) is 4.68. The summed E-state index contributed by atoms with van der Waals surface area (Å²) in [4.78, 5) is 16.8. The lowest BCUT2D eigenvalue weighted by atomic mass is 9.94. The van der Waals surface area contributed by atoms with Crippen LogP contribution in [0, 0.1) is 0 Å². The molecule has 2 N–H and O–H groups in total. The van der Waals surface area contributed by atoms with Crippen LogP contribution in [0.3, 0.4) is 0 Å². The molecule has 1 aliphatic heterocycles. The van der Waals surface area contributed by atoms with Gasteiger partial charge >= 0.3 is 0 Å². The summed E-state index contributed by atoms with van der Waals surface area (Å²) in [5.74, 6) is 0.262. The summed E-state index contributed by atoms with van der Waals surface area (Å²) in [5.41, 5.74) is 6.30. The minimum absolute atomic E-state index is 0.204. The minimum Gasteiger partial charge on any atom is -0.340 e. The van der Waals surface area contributed by atoms with E-state index in [-0.39, 0.29) is 17.0 Å². The van der Waals surface area contributed by atoms with Crippen molar-refractivity contribution in [2.45, 2.75) is 64.0 Å². The normalized spacial score (nSPS) is 24.7. The molecule has 19 heavy (non-hydrogen) atoms. The Morgan fingerprint density at radius 2 is 1.63 bits per heavy atom. The van der Waals surface area contributed by atoms with Crippen LogP contribution in [0.5, 0.6) is 0 Å². The van der Waals surface area contributed by atoms with Crippen LogP contribution in [-0.4, -0.2) is 53.0 Å². The molecule has 0 aromatic carbocycles. The molecule has 2 rings (SSSR count). The molecule has 0 spiro atoms. The SMILES string of the molecule is CC(C)(C)N1CCN(C(=O)CC2(N)CCCC2)CC1. The Hall–Kier alpha value is -0.610. The molecular weight excluding hydrogens is 238 g/mol. The molecule has 1 saturated carbocycles. The predicted molar refractivity (Wildman–Crippen MR) is 77.9 cm³/mol. The number of amides is 1. The summed E-state index contributed by atoms with van der Waals surface area (Å²) in [6, 6.07) is 0. The molecule has 0 bridgehead atoms. The Morgan fingerprint density at radius 3 is 2.11 bits per heavy atom. The van der Waals surface area contributed by atoms with Crippen LogP contribution in [0.25, 0.3) is 0 Å². The Bertz CT molecular complexity index is 321. The average Bonchev–Trinajstić information content (AvgIpc) is 2.75. The molecule has 0 radical (unpaired) electrons. The largest absolute Gasteiger partial charge is 0.340 e. The van der Waals surface area contributed by atoms with Gasteiger partial charge in [-0.05, 0) is 33.6 Å². The van der Waals surface area contributed by atoms with Crippen LogP contribution < -0.4 is 5.73 Å². The smallest absolute Gasteiger partial charge is 0.224 e. The van der Waals surface area contributed by atoms with Crippen LogP contribution in [-0.2, 0) is 4.79 Å². The summed E-state index contributed by atoms with van der Waals surface area (Å²) in [6.07, 6.45) is 4.94. The van der Waals surface area contributed by atoms with Crippen molar-refractivity contribution in [1.29, 1.82) is 0 Å². The molecule has 0 unspecified atom stereocenters. The van der Waals surface area contributed by atoms with E-state index in [2.05, 4.69) is 25.7 Å². The molecule has 2 fully saturated rings. The van der Waals surface area contributed by atoms with Crippen molar-refractivity contribution >= 4 is 5.91 Å². The van der Waals surface area contributed by atoms with Crippen LogP contribution in [0.15, 0.2) is 0 Å². The van der Waals surface area contributed by atoms with Gasteiger partial charge in [-0.1, -0.05) is 12.8 Å².